The molecule has 0 amide bonds. The summed E-state index contributed by atoms with van der Waals surface area (Å²) in [6, 6.07) is 3.41. The first-order valence-electron chi connectivity index (χ1n) is 4.09. The van der Waals surface area contributed by atoms with Crippen molar-refractivity contribution >= 4 is 27.3 Å². The molecule has 0 aliphatic carbocycles. The Labute approximate surface area is 94.1 Å². The Kier molecular flexibility index (Phi) is 2.71. The molecule has 0 saturated carbocycles. The van der Waals surface area contributed by atoms with Crippen molar-refractivity contribution in [3.63, 3.8) is 0 Å². The molecule has 3 nitrogen and oxygen atoms in total. The summed E-state index contributed by atoms with van der Waals surface area (Å²) in [5, 5.41) is 2.97. The second kappa shape index (κ2) is 3.84. The van der Waals surface area contributed by atoms with Crippen molar-refractivity contribution in [2.45, 2.75) is 13.0 Å². The SMILES string of the molecule is Cc1nc(C(N)c2ccc(Br)o2)cs1. The second-order valence-electron chi connectivity index (χ2n) is 2.91. The fourth-order valence-electron chi connectivity index (χ4n) is 1.16. The first kappa shape index (κ1) is 9.89. The van der Waals surface area contributed by atoms with Gasteiger partial charge in [-0.05, 0) is 35.0 Å². The summed E-state index contributed by atoms with van der Waals surface area (Å²) in [7, 11) is 0. The summed E-state index contributed by atoms with van der Waals surface area (Å²) < 4.78 is 6.05. The molecule has 0 aromatic carbocycles. The van der Waals surface area contributed by atoms with Crippen LogP contribution in [0.15, 0.2) is 26.6 Å². The number of hydrogen-bond acceptors (Lipinski definition) is 4. The molecule has 74 valence electrons. The molecule has 2 N–H and O–H groups in total. The molecule has 0 bridgehead atoms. The lowest BCUT2D eigenvalue weighted by molar-refractivity contribution is 0.468. The Morgan fingerprint density at radius 1 is 1.57 bits per heavy atom. The first-order chi connectivity index (χ1) is 6.66. The highest BCUT2D eigenvalue weighted by atomic mass is 79.9. The molecule has 5 heteroatoms. The number of nitrogens with two attached hydrogens (primary N) is 1. The van der Waals surface area contributed by atoms with Gasteiger partial charge in [-0.25, -0.2) is 4.98 Å². The van der Waals surface area contributed by atoms with E-state index in [9.17, 15) is 0 Å². The molecule has 0 spiro atoms. The van der Waals surface area contributed by atoms with Crippen LogP contribution in [0.5, 0.6) is 0 Å². The van der Waals surface area contributed by atoms with Gasteiger partial charge in [-0.2, -0.15) is 0 Å². The molecular weight excluding hydrogens is 264 g/mol. The Morgan fingerprint density at radius 3 is 2.86 bits per heavy atom. The zero-order valence-electron chi connectivity index (χ0n) is 7.53. The highest BCUT2D eigenvalue weighted by molar-refractivity contribution is 9.10. The van der Waals surface area contributed by atoms with Crippen molar-refractivity contribution in [2.75, 3.05) is 0 Å². The predicted octanol–water partition coefficient (Wildman–Crippen LogP) is 2.86. The van der Waals surface area contributed by atoms with Crippen molar-refractivity contribution in [1.29, 1.82) is 0 Å². The van der Waals surface area contributed by atoms with E-state index in [1.807, 2.05) is 24.4 Å². The van der Waals surface area contributed by atoms with E-state index in [0.717, 1.165) is 16.5 Å². The smallest absolute Gasteiger partial charge is 0.169 e. The fourth-order valence-corrected chi connectivity index (χ4v) is 2.13. The van der Waals surface area contributed by atoms with Gasteiger partial charge < -0.3 is 10.2 Å². The normalized spacial score (nSPS) is 13.1. The number of halogens is 1. The van der Waals surface area contributed by atoms with E-state index in [0.29, 0.717) is 4.67 Å². The Balaban J connectivity index is 2.28. The van der Waals surface area contributed by atoms with Gasteiger partial charge in [0.15, 0.2) is 4.67 Å². The first-order valence-corrected chi connectivity index (χ1v) is 5.77. The summed E-state index contributed by atoms with van der Waals surface area (Å²) in [5.74, 6) is 0.724. The van der Waals surface area contributed by atoms with Crippen molar-refractivity contribution < 1.29 is 4.42 Å². The molecule has 2 rings (SSSR count). The zero-order chi connectivity index (χ0) is 10.1. The van der Waals surface area contributed by atoms with Crippen molar-refractivity contribution in [3.8, 4) is 0 Å². The molecule has 2 aromatic heterocycles. The van der Waals surface area contributed by atoms with E-state index in [2.05, 4.69) is 20.9 Å². The van der Waals surface area contributed by atoms with Crippen LogP contribution >= 0.6 is 27.3 Å². The summed E-state index contributed by atoms with van der Waals surface area (Å²) in [6.07, 6.45) is 0. The van der Waals surface area contributed by atoms with Crippen LogP contribution < -0.4 is 5.73 Å². The molecule has 0 fully saturated rings. The average Bonchev–Trinajstić information content (AvgIpc) is 2.73. The maximum atomic E-state index is 5.97. The molecule has 14 heavy (non-hydrogen) atoms. The topological polar surface area (TPSA) is 52.0 Å². The van der Waals surface area contributed by atoms with Crippen LogP contribution in [0.1, 0.15) is 22.5 Å². The van der Waals surface area contributed by atoms with Gasteiger partial charge in [-0.3, -0.25) is 0 Å². The molecular formula is C9H9BrN2OS. The standard InChI is InChI=1S/C9H9BrN2OS/c1-5-12-6(4-14-5)9(11)7-2-3-8(10)13-7/h2-4,9H,11H2,1H3. The van der Waals surface area contributed by atoms with Gasteiger partial charge in [0.2, 0.25) is 0 Å². The van der Waals surface area contributed by atoms with Gasteiger partial charge in [0.05, 0.1) is 10.7 Å². The van der Waals surface area contributed by atoms with E-state index in [1.165, 1.54) is 0 Å². The number of hydrogen-bond donors (Lipinski definition) is 1. The lowest BCUT2D eigenvalue weighted by Gasteiger charge is -2.03. The largest absolute Gasteiger partial charge is 0.452 e. The third kappa shape index (κ3) is 1.89. The van der Waals surface area contributed by atoms with Crippen LogP contribution in [-0.2, 0) is 0 Å². The maximum absolute atomic E-state index is 5.97. The minimum Gasteiger partial charge on any atom is -0.452 e. The Hall–Kier alpha value is -0.650. The number of thiazole rings is 1. The van der Waals surface area contributed by atoms with E-state index < -0.39 is 0 Å². The van der Waals surface area contributed by atoms with E-state index in [-0.39, 0.29) is 6.04 Å². The molecule has 2 aromatic rings. The molecule has 0 saturated heterocycles. The number of rotatable bonds is 2. The highest BCUT2D eigenvalue weighted by Gasteiger charge is 2.15. The van der Waals surface area contributed by atoms with Gasteiger partial charge in [0, 0.05) is 5.38 Å². The van der Waals surface area contributed by atoms with Crippen molar-refractivity contribution in [1.82, 2.24) is 4.98 Å². The lowest BCUT2D eigenvalue weighted by Crippen LogP contribution is -2.11. The van der Waals surface area contributed by atoms with Gasteiger partial charge in [-0.15, -0.1) is 11.3 Å². The van der Waals surface area contributed by atoms with Crippen LogP contribution in [0.4, 0.5) is 0 Å². The lowest BCUT2D eigenvalue weighted by atomic mass is 10.2. The Bertz CT molecular complexity index is 397. The van der Waals surface area contributed by atoms with Crippen LogP contribution in [0.2, 0.25) is 0 Å². The molecule has 1 atom stereocenters. The van der Waals surface area contributed by atoms with Crippen molar-refractivity contribution in [3.05, 3.63) is 38.6 Å². The van der Waals surface area contributed by atoms with Gasteiger partial charge >= 0.3 is 0 Å². The summed E-state index contributed by atoms with van der Waals surface area (Å²) in [6.45, 7) is 1.96. The van der Waals surface area contributed by atoms with Gasteiger partial charge in [0.1, 0.15) is 11.8 Å². The molecule has 0 aliphatic heterocycles. The number of aromatic nitrogens is 1. The zero-order valence-corrected chi connectivity index (χ0v) is 9.93. The van der Waals surface area contributed by atoms with Crippen molar-refractivity contribution in [2.24, 2.45) is 5.73 Å². The number of furan rings is 1. The summed E-state index contributed by atoms with van der Waals surface area (Å²) in [4.78, 5) is 4.31. The average molecular weight is 273 g/mol. The Morgan fingerprint density at radius 2 is 2.36 bits per heavy atom. The maximum Gasteiger partial charge on any atom is 0.169 e. The van der Waals surface area contributed by atoms with Crippen LogP contribution in [0, 0.1) is 6.92 Å². The summed E-state index contributed by atoms with van der Waals surface area (Å²) in [5.41, 5.74) is 6.83. The van der Waals surface area contributed by atoms with E-state index in [1.54, 1.807) is 11.3 Å². The summed E-state index contributed by atoms with van der Waals surface area (Å²) >= 11 is 4.83. The van der Waals surface area contributed by atoms with Gasteiger partial charge in [0.25, 0.3) is 0 Å². The van der Waals surface area contributed by atoms with Crippen LogP contribution in [0.25, 0.3) is 0 Å². The van der Waals surface area contributed by atoms with Crippen LogP contribution in [-0.4, -0.2) is 4.98 Å². The quantitative estimate of drug-likeness (QED) is 0.915. The monoisotopic (exact) mass is 272 g/mol. The number of nitrogens with zero attached hydrogens (tertiary/aromatic N) is 1. The van der Waals surface area contributed by atoms with Gasteiger partial charge in [-0.1, -0.05) is 0 Å². The second-order valence-corrected chi connectivity index (χ2v) is 4.75. The third-order valence-corrected chi connectivity index (χ3v) is 3.07. The third-order valence-electron chi connectivity index (χ3n) is 1.86. The minimum atomic E-state index is -0.272. The highest BCUT2D eigenvalue weighted by Crippen LogP contribution is 2.24. The van der Waals surface area contributed by atoms with Crippen LogP contribution in [0.3, 0.4) is 0 Å². The van der Waals surface area contributed by atoms with E-state index >= 15 is 0 Å². The minimum absolute atomic E-state index is 0.272. The molecule has 2 heterocycles. The predicted molar refractivity (Wildman–Crippen MR) is 59.3 cm³/mol. The fraction of sp³-hybridized carbons (Fsp3) is 0.222. The molecule has 0 radical (unpaired) electrons. The van der Waals surface area contributed by atoms with E-state index in [4.69, 9.17) is 10.2 Å². The molecule has 0 aliphatic rings. The number of aryl methyl sites for hydroxylation is 1. The molecule has 1 unspecified atom stereocenters.